The van der Waals surface area contributed by atoms with E-state index in [9.17, 15) is 24.3 Å². The molecule has 2 aromatic heterocycles. The van der Waals surface area contributed by atoms with Crippen molar-refractivity contribution in [2.45, 2.75) is 69.1 Å². The van der Waals surface area contributed by atoms with Crippen molar-refractivity contribution in [2.24, 2.45) is 27.9 Å². The number of aliphatic imine (C=N–C) groups is 1. The second-order valence-electron chi connectivity index (χ2n) is 10.7. The lowest BCUT2D eigenvalue weighted by Gasteiger charge is -2.25. The average Bonchev–Trinajstić information content (AvgIpc) is 3.67. The number of hydrogen-bond acceptors (Lipinski definition) is 8. The number of H-pyrrole nitrogens is 2. The van der Waals surface area contributed by atoms with Crippen molar-refractivity contribution >= 4 is 40.6 Å². The largest absolute Gasteiger partial charge is 0.480 e. The number of nitrogens with one attached hydrogen (secondary N) is 5. The Morgan fingerprint density at radius 3 is 2.27 bits per heavy atom. The number of nitrogens with zero attached hydrogens (tertiary/aromatic N) is 2. The quantitative estimate of drug-likeness (QED) is 0.0428. The molecule has 45 heavy (non-hydrogen) atoms. The fourth-order valence-corrected chi connectivity index (χ4v) is 4.80. The second kappa shape index (κ2) is 17.4. The molecule has 0 aliphatic carbocycles. The molecule has 16 heteroatoms. The van der Waals surface area contributed by atoms with Gasteiger partial charge >= 0.3 is 5.97 Å². The van der Waals surface area contributed by atoms with Crippen molar-refractivity contribution in [1.82, 2.24) is 30.9 Å². The molecule has 3 rings (SSSR count). The number of carboxylic acids is 1. The number of carbonyl (C=O) groups is 4. The molecule has 3 aromatic rings. The van der Waals surface area contributed by atoms with E-state index in [1.165, 1.54) is 12.5 Å². The van der Waals surface area contributed by atoms with Crippen LogP contribution in [0.1, 0.15) is 43.4 Å². The first-order valence-electron chi connectivity index (χ1n) is 14.8. The number of guanidine groups is 1. The zero-order valence-electron chi connectivity index (χ0n) is 25.0. The van der Waals surface area contributed by atoms with E-state index < -0.39 is 47.9 Å². The molecule has 244 valence electrons. The molecule has 3 amide bonds. The number of aromatic nitrogens is 3. The van der Waals surface area contributed by atoms with Crippen LogP contribution in [-0.2, 0) is 32.0 Å². The lowest BCUT2D eigenvalue weighted by Crippen LogP contribution is -2.57. The zero-order valence-corrected chi connectivity index (χ0v) is 25.0. The number of rotatable bonds is 19. The maximum Gasteiger partial charge on any atom is 0.326 e. The predicted molar refractivity (Wildman–Crippen MR) is 169 cm³/mol. The van der Waals surface area contributed by atoms with Crippen LogP contribution in [-0.4, -0.2) is 87.0 Å². The molecule has 0 bridgehead atoms. The molecule has 14 N–H and O–H groups in total. The van der Waals surface area contributed by atoms with Gasteiger partial charge in [0.25, 0.3) is 0 Å². The van der Waals surface area contributed by atoms with E-state index in [0.717, 1.165) is 16.5 Å². The van der Waals surface area contributed by atoms with E-state index in [4.69, 9.17) is 22.9 Å². The van der Waals surface area contributed by atoms with Crippen molar-refractivity contribution in [3.05, 3.63) is 54.2 Å². The first-order chi connectivity index (χ1) is 21.6. The minimum absolute atomic E-state index is 0.0124. The highest BCUT2D eigenvalue weighted by atomic mass is 16.4. The summed E-state index contributed by atoms with van der Waals surface area (Å²) in [5.41, 5.74) is 24.8. The minimum Gasteiger partial charge on any atom is -0.480 e. The molecule has 0 saturated heterocycles. The van der Waals surface area contributed by atoms with Crippen LogP contribution in [0.3, 0.4) is 0 Å². The number of imidazole rings is 1. The Bertz CT molecular complexity index is 1440. The Balaban J connectivity index is 1.71. The fourth-order valence-electron chi connectivity index (χ4n) is 4.80. The van der Waals surface area contributed by atoms with Crippen molar-refractivity contribution in [1.29, 1.82) is 0 Å². The number of unbranched alkanes of at least 4 members (excludes halogenated alkanes) is 1. The Morgan fingerprint density at radius 2 is 1.58 bits per heavy atom. The van der Waals surface area contributed by atoms with Crippen molar-refractivity contribution in [3.8, 4) is 0 Å². The SMILES string of the molecule is NCCCCC(NC(=O)C(N)Cc1c[nH]c2ccccc12)C(=O)NC(Cc1cnc[nH]1)C(=O)NC(CCCN=C(N)N)C(=O)O. The van der Waals surface area contributed by atoms with Gasteiger partial charge in [-0.25, -0.2) is 9.78 Å². The number of amides is 3. The third kappa shape index (κ3) is 10.9. The lowest BCUT2D eigenvalue weighted by molar-refractivity contribution is -0.142. The number of fused-ring (bicyclic) bond motifs is 1. The Labute approximate surface area is 260 Å². The van der Waals surface area contributed by atoms with Crippen LogP contribution in [0, 0.1) is 0 Å². The molecular formula is C29H43N11O5. The first-order valence-corrected chi connectivity index (χ1v) is 14.8. The number of benzene rings is 1. The van der Waals surface area contributed by atoms with Gasteiger partial charge in [0.2, 0.25) is 17.7 Å². The predicted octanol–water partition coefficient (Wildman–Crippen LogP) is -1.27. The lowest BCUT2D eigenvalue weighted by atomic mass is 10.0. The highest BCUT2D eigenvalue weighted by molar-refractivity contribution is 5.94. The summed E-state index contributed by atoms with van der Waals surface area (Å²) in [5.74, 6) is -3.26. The highest BCUT2D eigenvalue weighted by Crippen LogP contribution is 2.19. The average molecular weight is 626 g/mol. The summed E-state index contributed by atoms with van der Waals surface area (Å²) in [6.07, 6.45) is 6.65. The summed E-state index contributed by atoms with van der Waals surface area (Å²) < 4.78 is 0. The Hall–Kier alpha value is -4.96. The molecule has 0 fully saturated rings. The summed E-state index contributed by atoms with van der Waals surface area (Å²) >= 11 is 0. The third-order valence-corrected chi connectivity index (χ3v) is 7.20. The van der Waals surface area contributed by atoms with E-state index >= 15 is 0 Å². The van der Waals surface area contributed by atoms with Gasteiger partial charge in [-0.2, -0.15) is 0 Å². The smallest absolute Gasteiger partial charge is 0.326 e. The topological polar surface area (TPSA) is 286 Å². The number of para-hydroxylation sites is 1. The maximum absolute atomic E-state index is 13.6. The Kier molecular flexibility index (Phi) is 13.3. The molecule has 2 heterocycles. The van der Waals surface area contributed by atoms with E-state index in [-0.39, 0.29) is 38.2 Å². The van der Waals surface area contributed by atoms with E-state index in [0.29, 0.717) is 31.5 Å². The molecule has 0 spiro atoms. The van der Waals surface area contributed by atoms with Crippen LogP contribution in [0.2, 0.25) is 0 Å². The van der Waals surface area contributed by atoms with Crippen LogP contribution in [0.15, 0.2) is 48.0 Å². The van der Waals surface area contributed by atoms with Gasteiger partial charge in [0, 0.05) is 42.0 Å². The number of nitrogens with two attached hydrogens (primary N) is 4. The standard InChI is InChI=1S/C29H43N11O5/c30-10-4-3-8-22(38-25(41)20(31)12-17-14-36-21-7-2-1-6-19(17)21)26(42)40-24(13-18-15-34-16-37-18)27(43)39-23(28(44)45)9-5-11-35-29(32)33/h1-2,6-7,14-16,20,22-24,36H,3-5,8-13,30-31H2,(H,34,37)(H,38,41)(H,39,43)(H,40,42)(H,44,45)(H4,32,33,35). The number of aliphatic carboxylic acids is 1. The van der Waals surface area contributed by atoms with Gasteiger partial charge in [-0.3, -0.25) is 19.4 Å². The second-order valence-corrected chi connectivity index (χ2v) is 10.7. The third-order valence-electron chi connectivity index (χ3n) is 7.20. The molecule has 4 unspecified atom stereocenters. The monoisotopic (exact) mass is 625 g/mol. The normalized spacial score (nSPS) is 13.7. The molecule has 16 nitrogen and oxygen atoms in total. The van der Waals surface area contributed by atoms with Gasteiger partial charge in [0.15, 0.2) is 5.96 Å². The van der Waals surface area contributed by atoms with Crippen molar-refractivity contribution < 1.29 is 24.3 Å². The summed E-state index contributed by atoms with van der Waals surface area (Å²) in [5, 5.41) is 18.5. The summed E-state index contributed by atoms with van der Waals surface area (Å²) in [6.45, 7) is 0.579. The van der Waals surface area contributed by atoms with Crippen molar-refractivity contribution in [3.63, 3.8) is 0 Å². The van der Waals surface area contributed by atoms with Gasteiger partial charge < -0.3 is 54.0 Å². The fraction of sp³-hybridized carbons (Fsp3) is 0.448. The summed E-state index contributed by atoms with van der Waals surface area (Å²) in [6, 6.07) is 3.23. The molecule has 0 aliphatic heterocycles. The molecular weight excluding hydrogens is 582 g/mol. The number of carboxylic acid groups (broad SMARTS) is 1. The van der Waals surface area contributed by atoms with Crippen LogP contribution in [0.4, 0.5) is 0 Å². The number of carbonyl (C=O) groups excluding carboxylic acids is 3. The van der Waals surface area contributed by atoms with Crippen LogP contribution in [0.25, 0.3) is 10.9 Å². The van der Waals surface area contributed by atoms with Gasteiger partial charge in [0.1, 0.15) is 18.1 Å². The maximum atomic E-state index is 13.6. The van der Waals surface area contributed by atoms with Gasteiger partial charge in [-0.1, -0.05) is 18.2 Å². The molecule has 0 saturated carbocycles. The van der Waals surface area contributed by atoms with Crippen LogP contribution >= 0.6 is 0 Å². The Morgan fingerprint density at radius 1 is 0.889 bits per heavy atom. The van der Waals surface area contributed by atoms with E-state index in [1.54, 1.807) is 6.20 Å². The van der Waals surface area contributed by atoms with Crippen LogP contribution in [0.5, 0.6) is 0 Å². The summed E-state index contributed by atoms with van der Waals surface area (Å²) in [7, 11) is 0. The van der Waals surface area contributed by atoms with Crippen LogP contribution < -0.4 is 38.9 Å². The summed E-state index contributed by atoms with van der Waals surface area (Å²) in [4.78, 5) is 65.8. The minimum atomic E-state index is -1.25. The molecule has 0 aliphatic rings. The van der Waals surface area contributed by atoms with Gasteiger partial charge in [0.05, 0.1) is 12.4 Å². The molecule has 1 aromatic carbocycles. The van der Waals surface area contributed by atoms with Gasteiger partial charge in [-0.05, 0) is 56.7 Å². The van der Waals surface area contributed by atoms with E-state index in [1.807, 2.05) is 24.3 Å². The number of aromatic amines is 2. The zero-order chi connectivity index (χ0) is 32.8. The van der Waals surface area contributed by atoms with Crippen molar-refractivity contribution in [2.75, 3.05) is 13.1 Å². The molecule has 0 radical (unpaired) electrons. The molecule has 4 atom stereocenters. The highest BCUT2D eigenvalue weighted by Gasteiger charge is 2.31. The first kappa shape index (κ1) is 34.5. The van der Waals surface area contributed by atoms with E-state index in [2.05, 4.69) is 35.9 Å². The number of hydrogen-bond donors (Lipinski definition) is 10. The van der Waals surface area contributed by atoms with Gasteiger partial charge in [-0.15, -0.1) is 0 Å².